The molecule has 4 rings (SSSR count). The molecule has 1 aromatic carbocycles. The number of hydrogen-bond donors (Lipinski definition) is 3. The van der Waals surface area contributed by atoms with E-state index in [1.54, 1.807) is 7.11 Å². The van der Waals surface area contributed by atoms with Crippen LogP contribution < -0.4 is 20.1 Å². The monoisotopic (exact) mass is 391 g/mol. The van der Waals surface area contributed by atoms with Crippen LogP contribution >= 0.6 is 0 Å². The van der Waals surface area contributed by atoms with Gasteiger partial charge in [0.25, 0.3) is 0 Å². The van der Waals surface area contributed by atoms with Crippen LogP contribution in [-0.4, -0.2) is 47.0 Å². The van der Waals surface area contributed by atoms with Crippen molar-refractivity contribution >= 4 is 11.6 Å². The fourth-order valence-corrected chi connectivity index (χ4v) is 3.03. The van der Waals surface area contributed by atoms with Gasteiger partial charge in [0, 0.05) is 25.1 Å². The molecule has 0 bridgehead atoms. The second kappa shape index (κ2) is 8.16. The molecule has 1 aliphatic heterocycles. The van der Waals surface area contributed by atoms with Crippen molar-refractivity contribution in [2.75, 3.05) is 32.1 Å². The maximum Gasteiger partial charge on any atom is 0.158 e. The van der Waals surface area contributed by atoms with Crippen molar-refractivity contribution < 1.29 is 9.47 Å². The molecule has 148 valence electrons. The number of ether oxygens (including phenoxy) is 2. The maximum absolute atomic E-state index is 8.82. The molecule has 0 amide bonds. The molecule has 9 heteroatoms. The molecular formula is C20H21N7O2. The SMILES string of the molecule is COc1cc(C)cc(OCC2CNC2)c1-c1cc(Nc2cnc(C#N)cn2)n[nH]1. The average Bonchev–Trinajstić information content (AvgIpc) is 3.14. The highest BCUT2D eigenvalue weighted by molar-refractivity contribution is 5.77. The van der Waals surface area contributed by atoms with Crippen LogP contribution in [0.25, 0.3) is 11.3 Å². The topological polar surface area (TPSA) is 121 Å². The smallest absolute Gasteiger partial charge is 0.158 e. The summed E-state index contributed by atoms with van der Waals surface area (Å²) < 4.78 is 11.7. The molecule has 0 radical (unpaired) electrons. The molecule has 0 spiro atoms. The van der Waals surface area contributed by atoms with E-state index in [4.69, 9.17) is 14.7 Å². The largest absolute Gasteiger partial charge is 0.496 e. The Balaban J connectivity index is 1.60. The first kappa shape index (κ1) is 18.7. The number of nitrogens with one attached hydrogen (secondary N) is 3. The first-order valence-corrected chi connectivity index (χ1v) is 9.23. The molecule has 3 N–H and O–H groups in total. The van der Waals surface area contributed by atoms with E-state index in [1.807, 2.05) is 31.2 Å². The van der Waals surface area contributed by atoms with Crippen molar-refractivity contribution in [1.29, 1.82) is 5.26 Å². The lowest BCUT2D eigenvalue weighted by Crippen LogP contribution is -2.45. The number of nitrogens with zero attached hydrogens (tertiary/aromatic N) is 4. The highest BCUT2D eigenvalue weighted by atomic mass is 16.5. The van der Waals surface area contributed by atoms with Crippen LogP contribution in [0.4, 0.5) is 11.6 Å². The zero-order valence-electron chi connectivity index (χ0n) is 16.2. The van der Waals surface area contributed by atoms with Gasteiger partial charge in [-0.2, -0.15) is 10.4 Å². The molecule has 0 atom stereocenters. The van der Waals surface area contributed by atoms with Gasteiger partial charge in [-0.05, 0) is 24.6 Å². The minimum absolute atomic E-state index is 0.256. The number of aromatic nitrogens is 4. The Hall–Kier alpha value is -3.64. The van der Waals surface area contributed by atoms with Crippen molar-refractivity contribution in [3.05, 3.63) is 41.9 Å². The minimum atomic E-state index is 0.256. The fourth-order valence-electron chi connectivity index (χ4n) is 3.03. The summed E-state index contributed by atoms with van der Waals surface area (Å²) in [5.41, 5.74) is 2.88. The molecule has 9 nitrogen and oxygen atoms in total. The summed E-state index contributed by atoms with van der Waals surface area (Å²) in [7, 11) is 1.64. The second-order valence-electron chi connectivity index (χ2n) is 6.87. The maximum atomic E-state index is 8.82. The molecule has 0 unspecified atom stereocenters. The van der Waals surface area contributed by atoms with Crippen LogP contribution in [0.1, 0.15) is 11.3 Å². The number of rotatable bonds is 7. The molecule has 29 heavy (non-hydrogen) atoms. The van der Waals surface area contributed by atoms with E-state index in [9.17, 15) is 0 Å². The third-order valence-electron chi connectivity index (χ3n) is 4.64. The lowest BCUT2D eigenvalue weighted by atomic mass is 10.0. The van der Waals surface area contributed by atoms with Crippen molar-refractivity contribution in [2.24, 2.45) is 5.92 Å². The standard InChI is InChI=1S/C20H21N7O2/c1-12-3-16(28-2)20(17(4-12)29-11-13-7-22-8-13)15-5-18(27-26-15)25-19-10-23-14(6-21)9-24-19/h3-5,9-10,13,22H,7-8,11H2,1-2H3,(H2,24,25,26,27). The summed E-state index contributed by atoms with van der Waals surface area (Å²) in [6.07, 6.45) is 2.89. The van der Waals surface area contributed by atoms with Crippen molar-refractivity contribution in [2.45, 2.75) is 6.92 Å². The minimum Gasteiger partial charge on any atom is -0.496 e. The van der Waals surface area contributed by atoms with Crippen LogP contribution in [-0.2, 0) is 0 Å². The van der Waals surface area contributed by atoms with Gasteiger partial charge in [-0.15, -0.1) is 0 Å². The van der Waals surface area contributed by atoms with Crippen molar-refractivity contribution in [3.63, 3.8) is 0 Å². The zero-order valence-corrected chi connectivity index (χ0v) is 16.2. The predicted molar refractivity (Wildman–Crippen MR) is 107 cm³/mol. The average molecular weight is 391 g/mol. The molecule has 3 heterocycles. The van der Waals surface area contributed by atoms with Gasteiger partial charge in [0.2, 0.25) is 0 Å². The van der Waals surface area contributed by atoms with E-state index < -0.39 is 0 Å². The summed E-state index contributed by atoms with van der Waals surface area (Å²) >= 11 is 0. The zero-order chi connectivity index (χ0) is 20.2. The number of anilines is 2. The normalized spacial score (nSPS) is 13.4. The molecule has 1 fully saturated rings. The first-order valence-electron chi connectivity index (χ1n) is 9.23. The predicted octanol–water partition coefficient (Wildman–Crippen LogP) is 2.40. The van der Waals surface area contributed by atoms with Crippen LogP contribution in [0.2, 0.25) is 0 Å². The van der Waals surface area contributed by atoms with E-state index in [2.05, 4.69) is 30.8 Å². The quantitative estimate of drug-likeness (QED) is 0.561. The van der Waals surface area contributed by atoms with E-state index in [0.717, 1.165) is 35.7 Å². The van der Waals surface area contributed by atoms with E-state index >= 15 is 0 Å². The Bertz CT molecular complexity index is 1040. The number of hydrogen-bond acceptors (Lipinski definition) is 8. The Morgan fingerprint density at radius 3 is 2.66 bits per heavy atom. The van der Waals surface area contributed by atoms with Gasteiger partial charge in [0.15, 0.2) is 11.5 Å². The van der Waals surface area contributed by atoms with Crippen molar-refractivity contribution in [1.82, 2.24) is 25.5 Å². The molecule has 0 aliphatic carbocycles. The summed E-state index contributed by atoms with van der Waals surface area (Å²) in [4.78, 5) is 8.14. The fraction of sp³-hybridized carbons (Fsp3) is 0.300. The van der Waals surface area contributed by atoms with Gasteiger partial charge >= 0.3 is 0 Å². The van der Waals surface area contributed by atoms with Gasteiger partial charge in [0.05, 0.1) is 37.4 Å². The van der Waals surface area contributed by atoms with E-state index in [-0.39, 0.29) is 5.69 Å². The summed E-state index contributed by atoms with van der Waals surface area (Å²) in [6.45, 7) is 4.60. The van der Waals surface area contributed by atoms with Gasteiger partial charge in [-0.1, -0.05) is 0 Å². The molecule has 2 aromatic heterocycles. The Kier molecular flexibility index (Phi) is 5.27. The highest BCUT2D eigenvalue weighted by Crippen LogP contribution is 2.39. The number of H-pyrrole nitrogens is 1. The van der Waals surface area contributed by atoms with Crippen LogP contribution in [0.15, 0.2) is 30.6 Å². The Labute approximate surface area is 168 Å². The Morgan fingerprint density at radius 1 is 1.17 bits per heavy atom. The van der Waals surface area contributed by atoms with Crippen LogP contribution in [0.3, 0.4) is 0 Å². The lowest BCUT2D eigenvalue weighted by Gasteiger charge is -2.27. The molecule has 1 aliphatic rings. The summed E-state index contributed by atoms with van der Waals surface area (Å²) in [6, 6.07) is 7.76. The number of aromatic amines is 1. The first-order chi connectivity index (χ1) is 14.2. The summed E-state index contributed by atoms with van der Waals surface area (Å²) in [5.74, 6) is 3.04. The summed E-state index contributed by atoms with van der Waals surface area (Å²) in [5, 5.41) is 22.5. The van der Waals surface area contributed by atoms with Crippen LogP contribution in [0.5, 0.6) is 11.5 Å². The number of nitriles is 1. The second-order valence-corrected chi connectivity index (χ2v) is 6.87. The molecule has 3 aromatic rings. The third-order valence-corrected chi connectivity index (χ3v) is 4.64. The van der Waals surface area contributed by atoms with Crippen molar-refractivity contribution in [3.8, 4) is 28.8 Å². The molecule has 0 saturated carbocycles. The van der Waals surface area contributed by atoms with Gasteiger partial charge < -0.3 is 20.1 Å². The molecule has 1 saturated heterocycles. The molecular weight excluding hydrogens is 370 g/mol. The van der Waals surface area contributed by atoms with E-state index in [0.29, 0.717) is 29.9 Å². The van der Waals surface area contributed by atoms with Gasteiger partial charge in [-0.3, -0.25) is 5.10 Å². The lowest BCUT2D eigenvalue weighted by molar-refractivity contribution is 0.199. The van der Waals surface area contributed by atoms with Crippen LogP contribution in [0, 0.1) is 24.2 Å². The third kappa shape index (κ3) is 4.12. The van der Waals surface area contributed by atoms with Gasteiger partial charge in [-0.25, -0.2) is 9.97 Å². The number of methoxy groups -OCH3 is 1. The van der Waals surface area contributed by atoms with E-state index in [1.165, 1.54) is 12.4 Å². The highest BCUT2D eigenvalue weighted by Gasteiger charge is 2.21. The Morgan fingerprint density at radius 2 is 2.00 bits per heavy atom. The number of benzene rings is 1. The van der Waals surface area contributed by atoms with Gasteiger partial charge in [0.1, 0.15) is 23.4 Å². The number of aryl methyl sites for hydroxylation is 1.